The van der Waals surface area contributed by atoms with Gasteiger partial charge < -0.3 is 26.0 Å². The summed E-state index contributed by atoms with van der Waals surface area (Å²) >= 11 is 0. The number of aliphatic imine (C=N–C) groups is 1. The summed E-state index contributed by atoms with van der Waals surface area (Å²) in [5.41, 5.74) is 10.3. The van der Waals surface area contributed by atoms with E-state index in [0.29, 0.717) is 23.1 Å². The highest BCUT2D eigenvalue weighted by Gasteiger charge is 2.23. The molecule has 0 bridgehead atoms. The number of carbonyl (C=O) groups excluding carboxylic acids is 1. The molecule has 1 aliphatic carbocycles. The lowest BCUT2D eigenvalue weighted by Gasteiger charge is -2.28. The normalized spacial score (nSPS) is 16.8. The second kappa shape index (κ2) is 10.2. The lowest BCUT2D eigenvalue weighted by Crippen LogP contribution is -2.36. The minimum atomic E-state index is -0.0384. The molecule has 0 spiro atoms. The molecule has 166 valence electrons. The molecular weight excluding hydrogens is 402 g/mol. The maximum Gasteiger partial charge on any atom is 0.251 e. The zero-order chi connectivity index (χ0) is 22.3. The number of hydrogen-bond acceptors (Lipinski definition) is 6. The average molecular weight is 432 g/mol. The third-order valence-electron chi connectivity index (χ3n) is 5.41. The van der Waals surface area contributed by atoms with Crippen LogP contribution in [0.1, 0.15) is 28.8 Å². The van der Waals surface area contributed by atoms with Gasteiger partial charge in [-0.05, 0) is 60.9 Å². The minimum Gasteiger partial charge on any atom is -0.398 e. The largest absolute Gasteiger partial charge is 0.398 e. The van der Waals surface area contributed by atoms with Crippen LogP contribution in [0.2, 0.25) is 0 Å². The number of nitrogens with one attached hydrogen (secondary N) is 2. The van der Waals surface area contributed by atoms with Gasteiger partial charge in [-0.25, -0.2) is 4.99 Å². The Bertz CT molecular complexity index is 1000. The van der Waals surface area contributed by atoms with Crippen molar-refractivity contribution in [3.63, 3.8) is 0 Å². The van der Waals surface area contributed by atoms with E-state index < -0.39 is 0 Å². The number of nitrogens with zero attached hydrogens (tertiary/aromatic N) is 2. The summed E-state index contributed by atoms with van der Waals surface area (Å²) < 4.78 is 5.40. The number of anilines is 2. The second-order valence-corrected chi connectivity index (χ2v) is 7.94. The fourth-order valence-corrected chi connectivity index (χ4v) is 3.39. The van der Waals surface area contributed by atoms with Crippen LogP contribution in [0.4, 0.5) is 11.4 Å². The summed E-state index contributed by atoms with van der Waals surface area (Å²) in [5, 5.41) is 6.15. The molecule has 0 radical (unpaired) electrons. The van der Waals surface area contributed by atoms with Gasteiger partial charge in [0.2, 0.25) is 0 Å². The van der Waals surface area contributed by atoms with Crippen molar-refractivity contribution in [2.24, 2.45) is 10.7 Å². The van der Waals surface area contributed by atoms with Crippen LogP contribution >= 0.6 is 0 Å². The molecule has 2 aromatic carbocycles. The lowest BCUT2D eigenvalue weighted by molar-refractivity contribution is 0.0951. The van der Waals surface area contributed by atoms with Crippen molar-refractivity contribution < 1.29 is 9.53 Å². The highest BCUT2D eigenvalue weighted by Crippen LogP contribution is 2.21. The van der Waals surface area contributed by atoms with Crippen molar-refractivity contribution in [3.05, 3.63) is 78.1 Å². The van der Waals surface area contributed by atoms with E-state index in [-0.39, 0.29) is 5.91 Å². The first kappa shape index (κ1) is 21.6. The van der Waals surface area contributed by atoms with E-state index in [1.54, 1.807) is 24.4 Å². The number of ether oxygens (including phenoxy) is 1. The Morgan fingerprint density at radius 2 is 1.72 bits per heavy atom. The van der Waals surface area contributed by atoms with Crippen LogP contribution in [0.3, 0.4) is 0 Å². The van der Waals surface area contributed by atoms with Gasteiger partial charge in [0.05, 0.1) is 13.2 Å². The number of amides is 1. The van der Waals surface area contributed by atoms with E-state index in [0.717, 1.165) is 50.4 Å². The first-order valence-corrected chi connectivity index (χ1v) is 10.9. The minimum absolute atomic E-state index is 0.0384. The van der Waals surface area contributed by atoms with Gasteiger partial charge in [0, 0.05) is 48.0 Å². The van der Waals surface area contributed by atoms with Crippen molar-refractivity contribution in [2.45, 2.75) is 18.9 Å². The first-order chi connectivity index (χ1) is 15.6. The fraction of sp³-hybridized carbons (Fsp3) is 0.280. The summed E-state index contributed by atoms with van der Waals surface area (Å²) in [6.45, 7) is 7.29. The average Bonchev–Trinajstić information content (AvgIpc) is 3.64. The summed E-state index contributed by atoms with van der Waals surface area (Å²) in [6, 6.07) is 15.8. The van der Waals surface area contributed by atoms with Crippen LogP contribution in [-0.4, -0.2) is 44.5 Å². The standard InChI is InChI=1S/C25H29N5O2/c1-18(28-21-8-10-23(11-9-21)30-14-16-32-17-15-30)27-13-12-24(26)19-2-4-20(5-3-19)25(31)29-22-6-7-22/h2-5,8-13,22,28H,1,6-7,14-17,26H2,(H,29,31)/b24-12-,27-13-. The zero-order valence-electron chi connectivity index (χ0n) is 18.1. The molecule has 1 aliphatic heterocycles. The SMILES string of the molecule is C=C(/N=C\C=C(/N)c1ccc(C(=O)NC2CC2)cc1)Nc1ccc(N2CCOCC2)cc1. The number of rotatable bonds is 8. The molecule has 0 aromatic heterocycles. The number of benzene rings is 2. The number of nitrogens with two attached hydrogens (primary N) is 1. The monoisotopic (exact) mass is 431 g/mol. The molecule has 2 aromatic rings. The number of allylic oxidation sites excluding steroid dienone is 1. The zero-order valence-corrected chi connectivity index (χ0v) is 18.1. The molecule has 1 saturated heterocycles. The van der Waals surface area contributed by atoms with Gasteiger partial charge in [0.15, 0.2) is 0 Å². The van der Waals surface area contributed by atoms with Gasteiger partial charge in [-0.2, -0.15) is 0 Å². The molecule has 2 aliphatic rings. The third-order valence-corrected chi connectivity index (χ3v) is 5.41. The smallest absolute Gasteiger partial charge is 0.251 e. The Morgan fingerprint density at radius 3 is 2.38 bits per heavy atom. The molecule has 32 heavy (non-hydrogen) atoms. The van der Waals surface area contributed by atoms with Crippen LogP contribution in [0.5, 0.6) is 0 Å². The van der Waals surface area contributed by atoms with E-state index in [1.807, 2.05) is 24.3 Å². The van der Waals surface area contributed by atoms with Crippen LogP contribution in [-0.2, 0) is 4.74 Å². The molecule has 7 nitrogen and oxygen atoms in total. The van der Waals surface area contributed by atoms with E-state index >= 15 is 0 Å². The lowest BCUT2D eigenvalue weighted by atomic mass is 10.1. The predicted octanol–water partition coefficient (Wildman–Crippen LogP) is 3.37. The highest BCUT2D eigenvalue weighted by atomic mass is 16.5. The van der Waals surface area contributed by atoms with Gasteiger partial charge in [-0.3, -0.25) is 4.79 Å². The van der Waals surface area contributed by atoms with Gasteiger partial charge in [0.1, 0.15) is 5.82 Å². The Morgan fingerprint density at radius 1 is 1.06 bits per heavy atom. The quantitative estimate of drug-likeness (QED) is 0.558. The Hall–Kier alpha value is -3.58. The molecule has 1 saturated carbocycles. The maximum absolute atomic E-state index is 12.1. The van der Waals surface area contributed by atoms with E-state index in [9.17, 15) is 4.79 Å². The summed E-state index contributed by atoms with van der Waals surface area (Å²) in [6.07, 6.45) is 5.46. The number of carbonyl (C=O) groups is 1. The number of hydrogen-bond donors (Lipinski definition) is 3. The van der Waals surface area contributed by atoms with E-state index in [1.165, 1.54) is 5.69 Å². The van der Waals surface area contributed by atoms with Crippen molar-refractivity contribution >= 4 is 29.2 Å². The topological polar surface area (TPSA) is 92.0 Å². The van der Waals surface area contributed by atoms with Crippen molar-refractivity contribution in [3.8, 4) is 0 Å². The molecule has 7 heteroatoms. The van der Waals surface area contributed by atoms with Crippen LogP contribution in [0, 0.1) is 0 Å². The summed E-state index contributed by atoms with van der Waals surface area (Å²) in [7, 11) is 0. The maximum atomic E-state index is 12.1. The van der Waals surface area contributed by atoms with E-state index in [2.05, 4.69) is 39.2 Å². The molecular formula is C25H29N5O2. The second-order valence-electron chi connectivity index (χ2n) is 7.94. The molecule has 1 heterocycles. The van der Waals surface area contributed by atoms with Crippen LogP contribution < -0.4 is 21.3 Å². The van der Waals surface area contributed by atoms with Gasteiger partial charge >= 0.3 is 0 Å². The Kier molecular flexibility index (Phi) is 6.87. The van der Waals surface area contributed by atoms with Crippen molar-refractivity contribution in [1.82, 2.24) is 5.32 Å². The van der Waals surface area contributed by atoms with Crippen LogP contribution in [0.15, 0.2) is 72.0 Å². The summed E-state index contributed by atoms with van der Waals surface area (Å²) in [5.74, 6) is 0.476. The molecule has 2 fully saturated rings. The van der Waals surface area contributed by atoms with Gasteiger partial charge in [-0.1, -0.05) is 18.7 Å². The molecule has 0 unspecified atom stereocenters. The summed E-state index contributed by atoms with van der Waals surface area (Å²) in [4.78, 5) is 18.7. The molecule has 1 amide bonds. The first-order valence-electron chi connectivity index (χ1n) is 10.9. The number of morpholine rings is 1. The fourth-order valence-electron chi connectivity index (χ4n) is 3.39. The highest BCUT2D eigenvalue weighted by molar-refractivity contribution is 5.95. The van der Waals surface area contributed by atoms with E-state index in [4.69, 9.17) is 10.5 Å². The molecule has 4 N–H and O–H groups in total. The predicted molar refractivity (Wildman–Crippen MR) is 130 cm³/mol. The Labute approximate surface area is 188 Å². The molecule has 0 atom stereocenters. The van der Waals surface area contributed by atoms with Crippen molar-refractivity contribution in [1.29, 1.82) is 0 Å². The molecule has 4 rings (SSSR count). The third kappa shape index (κ3) is 5.98. The van der Waals surface area contributed by atoms with Gasteiger partial charge in [0.25, 0.3) is 5.91 Å². The van der Waals surface area contributed by atoms with Crippen LogP contribution in [0.25, 0.3) is 5.70 Å². The Balaban J connectivity index is 1.28. The van der Waals surface area contributed by atoms with Crippen molar-refractivity contribution in [2.75, 3.05) is 36.5 Å². The van der Waals surface area contributed by atoms with Gasteiger partial charge in [-0.15, -0.1) is 0 Å².